The van der Waals surface area contributed by atoms with Crippen molar-refractivity contribution < 1.29 is 4.79 Å². The number of nitrogens with zero attached hydrogens (tertiary/aromatic N) is 3. The summed E-state index contributed by atoms with van der Waals surface area (Å²) in [5.41, 5.74) is 2.30. The summed E-state index contributed by atoms with van der Waals surface area (Å²) in [7, 11) is 0. The lowest BCUT2D eigenvalue weighted by molar-refractivity contribution is -0.115. The third-order valence-corrected chi connectivity index (χ3v) is 4.32. The van der Waals surface area contributed by atoms with E-state index in [0.717, 1.165) is 5.56 Å². The van der Waals surface area contributed by atoms with E-state index in [1.807, 2.05) is 31.2 Å². The number of benzene rings is 2. The zero-order valence-electron chi connectivity index (χ0n) is 14.0. The number of anilines is 1. The van der Waals surface area contributed by atoms with E-state index >= 15 is 0 Å². The summed E-state index contributed by atoms with van der Waals surface area (Å²) in [6.07, 6.45) is 2.98. The highest BCUT2D eigenvalue weighted by atomic mass is 35.5. The van der Waals surface area contributed by atoms with Gasteiger partial charge in [-0.3, -0.25) is 4.79 Å². The van der Waals surface area contributed by atoms with Crippen molar-refractivity contribution in [1.82, 2.24) is 20.1 Å². The fourth-order valence-corrected chi connectivity index (χ4v) is 2.75. The van der Waals surface area contributed by atoms with Crippen LogP contribution >= 0.6 is 23.2 Å². The van der Waals surface area contributed by atoms with Crippen LogP contribution in [0.25, 0.3) is 5.69 Å². The predicted molar refractivity (Wildman–Crippen MR) is 103 cm³/mol. The Labute approximate surface area is 161 Å². The maximum absolute atomic E-state index is 12.4. The number of carbonyl (C=O) groups excluding carboxylic acids is 1. The summed E-state index contributed by atoms with van der Waals surface area (Å²) >= 11 is 12.0. The van der Waals surface area contributed by atoms with Gasteiger partial charge in [0.1, 0.15) is 12.7 Å². The highest BCUT2D eigenvalue weighted by molar-refractivity contribution is 6.31. The molecule has 1 amide bonds. The van der Waals surface area contributed by atoms with Crippen molar-refractivity contribution in [2.45, 2.75) is 13.0 Å². The molecule has 0 saturated carbocycles. The first-order valence-electron chi connectivity index (χ1n) is 7.96. The number of rotatable bonds is 6. The van der Waals surface area contributed by atoms with Crippen molar-refractivity contribution in [2.75, 3.05) is 11.9 Å². The van der Waals surface area contributed by atoms with Crippen LogP contribution in [0.15, 0.2) is 55.1 Å². The summed E-state index contributed by atoms with van der Waals surface area (Å²) in [5.74, 6) is -0.186. The van der Waals surface area contributed by atoms with Crippen molar-refractivity contribution in [3.8, 4) is 5.69 Å². The van der Waals surface area contributed by atoms with E-state index in [-0.39, 0.29) is 18.5 Å². The van der Waals surface area contributed by atoms with Gasteiger partial charge in [0, 0.05) is 16.1 Å². The average molecular weight is 390 g/mol. The van der Waals surface area contributed by atoms with Gasteiger partial charge in [0.15, 0.2) is 0 Å². The van der Waals surface area contributed by atoms with Gasteiger partial charge in [-0.15, -0.1) is 0 Å². The molecule has 0 fully saturated rings. The quantitative estimate of drug-likeness (QED) is 0.671. The van der Waals surface area contributed by atoms with Crippen LogP contribution in [0.5, 0.6) is 0 Å². The van der Waals surface area contributed by atoms with Crippen LogP contribution in [0.3, 0.4) is 0 Å². The molecule has 6 nitrogen and oxygen atoms in total. The van der Waals surface area contributed by atoms with E-state index in [9.17, 15) is 4.79 Å². The molecule has 0 saturated heterocycles. The molecule has 0 radical (unpaired) electrons. The van der Waals surface area contributed by atoms with Crippen molar-refractivity contribution in [1.29, 1.82) is 0 Å². The largest absolute Gasteiger partial charge is 0.323 e. The van der Waals surface area contributed by atoms with E-state index in [1.165, 1.54) is 6.33 Å². The molecule has 134 valence electrons. The van der Waals surface area contributed by atoms with Gasteiger partial charge in [-0.1, -0.05) is 35.3 Å². The molecule has 8 heteroatoms. The lowest BCUT2D eigenvalue weighted by Crippen LogP contribution is -2.30. The molecule has 2 aromatic carbocycles. The number of hydrogen-bond acceptors (Lipinski definition) is 4. The summed E-state index contributed by atoms with van der Waals surface area (Å²) < 4.78 is 1.57. The number of aromatic nitrogens is 3. The second kappa shape index (κ2) is 8.31. The Morgan fingerprint density at radius 1 is 1.15 bits per heavy atom. The van der Waals surface area contributed by atoms with Gasteiger partial charge < -0.3 is 10.6 Å². The van der Waals surface area contributed by atoms with Crippen LogP contribution in [0.2, 0.25) is 10.0 Å². The monoisotopic (exact) mass is 389 g/mol. The molecule has 0 aliphatic carbocycles. The van der Waals surface area contributed by atoms with Gasteiger partial charge in [-0.25, -0.2) is 9.67 Å². The zero-order chi connectivity index (χ0) is 18.5. The highest BCUT2D eigenvalue weighted by Gasteiger charge is 2.12. The van der Waals surface area contributed by atoms with Gasteiger partial charge in [-0.05, 0) is 42.8 Å². The molecule has 3 aromatic rings. The minimum Gasteiger partial charge on any atom is -0.323 e. The van der Waals surface area contributed by atoms with Crippen molar-refractivity contribution in [2.24, 2.45) is 0 Å². The molecule has 1 atom stereocenters. The summed E-state index contributed by atoms with van der Waals surface area (Å²) in [4.78, 5) is 16.3. The predicted octanol–water partition coefficient (Wildman–Crippen LogP) is 3.86. The number of halogens is 2. The Balaban J connectivity index is 1.65. The molecule has 0 aliphatic rings. The van der Waals surface area contributed by atoms with Crippen LogP contribution in [-0.4, -0.2) is 27.2 Å². The van der Waals surface area contributed by atoms with E-state index < -0.39 is 0 Å². The van der Waals surface area contributed by atoms with Crippen LogP contribution in [-0.2, 0) is 4.79 Å². The van der Waals surface area contributed by atoms with E-state index in [0.29, 0.717) is 21.4 Å². The maximum atomic E-state index is 12.4. The van der Waals surface area contributed by atoms with Crippen molar-refractivity contribution >= 4 is 34.8 Å². The normalized spacial score (nSPS) is 12.0. The van der Waals surface area contributed by atoms with Crippen LogP contribution in [0.1, 0.15) is 18.5 Å². The molecule has 0 unspecified atom stereocenters. The summed E-state index contributed by atoms with van der Waals surface area (Å²) in [6, 6.07) is 12.7. The first kappa shape index (κ1) is 18.4. The summed E-state index contributed by atoms with van der Waals surface area (Å²) in [5, 5.41) is 11.3. The average Bonchev–Trinajstić information content (AvgIpc) is 3.15. The van der Waals surface area contributed by atoms with E-state index in [2.05, 4.69) is 20.7 Å². The first-order valence-corrected chi connectivity index (χ1v) is 8.72. The Morgan fingerprint density at radius 3 is 2.58 bits per heavy atom. The summed E-state index contributed by atoms with van der Waals surface area (Å²) in [6.45, 7) is 2.13. The Morgan fingerprint density at radius 2 is 1.88 bits per heavy atom. The lowest BCUT2D eigenvalue weighted by atomic mass is 10.1. The van der Waals surface area contributed by atoms with Gasteiger partial charge >= 0.3 is 0 Å². The van der Waals surface area contributed by atoms with Gasteiger partial charge in [-0.2, -0.15) is 5.10 Å². The molecule has 2 N–H and O–H groups in total. The second-order valence-corrected chi connectivity index (χ2v) is 6.58. The third-order valence-electron chi connectivity index (χ3n) is 3.84. The number of carbonyl (C=O) groups is 1. The smallest absolute Gasteiger partial charge is 0.238 e. The standard InChI is InChI=1S/C18H17Cl2N5O/c1-12(13-2-4-14(19)5-3-13)22-9-18(26)24-16-8-15(20)6-7-17(16)25-11-21-10-23-25/h2-8,10-12,22H,9H2,1H3,(H,24,26)/t12-/m1/s1. The number of nitrogens with one attached hydrogen (secondary N) is 2. The van der Waals surface area contributed by atoms with Gasteiger partial charge in [0.25, 0.3) is 0 Å². The first-order chi connectivity index (χ1) is 12.5. The van der Waals surface area contributed by atoms with Crippen LogP contribution in [0.4, 0.5) is 5.69 Å². The molecule has 3 rings (SSSR count). The molecule has 1 aromatic heterocycles. The Hall–Kier alpha value is -2.41. The lowest BCUT2D eigenvalue weighted by Gasteiger charge is -2.15. The topological polar surface area (TPSA) is 71.8 Å². The number of amides is 1. The molecular formula is C18H17Cl2N5O. The zero-order valence-corrected chi connectivity index (χ0v) is 15.5. The SMILES string of the molecule is C[C@@H](NCC(=O)Nc1cc(Cl)ccc1-n1cncn1)c1ccc(Cl)cc1. The van der Waals surface area contributed by atoms with Crippen LogP contribution in [0, 0.1) is 0 Å². The Kier molecular flexibility index (Phi) is 5.88. The van der Waals surface area contributed by atoms with Gasteiger partial charge in [0.2, 0.25) is 5.91 Å². The van der Waals surface area contributed by atoms with Crippen LogP contribution < -0.4 is 10.6 Å². The molecule has 26 heavy (non-hydrogen) atoms. The van der Waals surface area contributed by atoms with Crippen molar-refractivity contribution in [3.05, 3.63) is 70.7 Å². The molecule has 1 heterocycles. The molecular weight excluding hydrogens is 373 g/mol. The molecule has 0 spiro atoms. The van der Waals surface area contributed by atoms with E-state index in [1.54, 1.807) is 29.2 Å². The van der Waals surface area contributed by atoms with Gasteiger partial charge in [0.05, 0.1) is 17.9 Å². The third kappa shape index (κ3) is 4.60. The number of hydrogen-bond donors (Lipinski definition) is 2. The maximum Gasteiger partial charge on any atom is 0.238 e. The molecule has 0 bridgehead atoms. The fourth-order valence-electron chi connectivity index (χ4n) is 2.45. The highest BCUT2D eigenvalue weighted by Crippen LogP contribution is 2.24. The minimum atomic E-state index is -0.186. The van der Waals surface area contributed by atoms with Crippen molar-refractivity contribution in [3.63, 3.8) is 0 Å². The fraction of sp³-hybridized carbons (Fsp3) is 0.167. The Bertz CT molecular complexity index is 881. The molecule has 0 aliphatic heterocycles. The van der Waals surface area contributed by atoms with E-state index in [4.69, 9.17) is 23.2 Å². The second-order valence-electron chi connectivity index (χ2n) is 5.70. The minimum absolute atomic E-state index is 0.00663.